The maximum absolute atomic E-state index is 14.1. The number of carboxylic acid groups (broad SMARTS) is 1. The zero-order valence-electron chi connectivity index (χ0n) is 20.6. The first-order chi connectivity index (χ1) is 17.6. The van der Waals surface area contributed by atoms with Gasteiger partial charge in [-0.05, 0) is 55.3 Å². The lowest BCUT2D eigenvalue weighted by molar-refractivity contribution is -0.148. The molecule has 2 fully saturated rings. The normalized spacial score (nSPS) is 22.2. The molecule has 36 heavy (non-hydrogen) atoms. The molecular formula is C31H34N2O3. The van der Waals surface area contributed by atoms with Crippen molar-refractivity contribution in [3.8, 4) is 0 Å². The van der Waals surface area contributed by atoms with Crippen LogP contribution in [0.3, 0.4) is 0 Å². The molecule has 2 heterocycles. The number of benzene rings is 3. The van der Waals surface area contributed by atoms with Crippen LogP contribution >= 0.6 is 0 Å². The Balaban J connectivity index is 1.36. The third-order valence-corrected chi connectivity index (χ3v) is 7.86. The summed E-state index contributed by atoms with van der Waals surface area (Å²) in [4.78, 5) is 30.5. The molecule has 3 aromatic carbocycles. The fraction of sp³-hybridized carbons (Fsp3) is 0.355. The first-order valence-electron chi connectivity index (χ1n) is 13.0. The SMILES string of the molecule is O=C(O)C1CC(N2CCCC2CCc2ccccc2)CN1C(=O)C(c1ccccc1)c1ccccc1. The highest BCUT2D eigenvalue weighted by atomic mass is 16.4. The van der Waals surface area contributed by atoms with Gasteiger partial charge in [-0.3, -0.25) is 9.69 Å². The Labute approximate surface area is 213 Å². The Hall–Kier alpha value is -3.44. The molecule has 186 valence electrons. The van der Waals surface area contributed by atoms with Crippen molar-refractivity contribution in [3.63, 3.8) is 0 Å². The van der Waals surface area contributed by atoms with Crippen LogP contribution in [0.1, 0.15) is 48.3 Å². The largest absolute Gasteiger partial charge is 0.480 e. The standard InChI is InChI=1S/C31H34N2O3/c34-30(29(24-13-6-2-7-14-24)25-15-8-3-9-16-25)33-22-27(21-28(33)31(35)36)32-20-10-17-26(32)19-18-23-11-4-1-5-12-23/h1-9,11-16,26-29H,10,17-22H2,(H,35,36). The first kappa shape index (κ1) is 24.3. The minimum Gasteiger partial charge on any atom is -0.480 e. The quantitative estimate of drug-likeness (QED) is 0.493. The molecular weight excluding hydrogens is 448 g/mol. The molecule has 0 aliphatic carbocycles. The second-order valence-corrected chi connectivity index (χ2v) is 10.0. The molecule has 1 amide bonds. The molecule has 0 aromatic heterocycles. The van der Waals surface area contributed by atoms with Gasteiger partial charge in [0.05, 0.1) is 5.92 Å². The van der Waals surface area contributed by atoms with Crippen molar-refractivity contribution < 1.29 is 14.7 Å². The zero-order valence-corrected chi connectivity index (χ0v) is 20.6. The number of likely N-dealkylation sites (tertiary alicyclic amines) is 2. The second kappa shape index (κ2) is 11.1. The molecule has 0 spiro atoms. The number of amides is 1. The van der Waals surface area contributed by atoms with E-state index in [4.69, 9.17) is 0 Å². The van der Waals surface area contributed by atoms with E-state index in [1.807, 2.05) is 66.7 Å². The van der Waals surface area contributed by atoms with Crippen LogP contribution in [0.4, 0.5) is 0 Å². The van der Waals surface area contributed by atoms with E-state index < -0.39 is 17.9 Å². The van der Waals surface area contributed by atoms with Gasteiger partial charge in [0.15, 0.2) is 0 Å². The Morgan fingerprint density at radius 3 is 2.03 bits per heavy atom. The van der Waals surface area contributed by atoms with E-state index >= 15 is 0 Å². The van der Waals surface area contributed by atoms with Crippen LogP contribution in [0.25, 0.3) is 0 Å². The molecule has 3 atom stereocenters. The van der Waals surface area contributed by atoms with Gasteiger partial charge < -0.3 is 10.0 Å². The van der Waals surface area contributed by atoms with Gasteiger partial charge >= 0.3 is 5.97 Å². The molecule has 5 rings (SSSR count). The third-order valence-electron chi connectivity index (χ3n) is 7.86. The maximum atomic E-state index is 14.1. The molecule has 3 unspecified atom stereocenters. The Kier molecular flexibility index (Phi) is 7.47. The third kappa shape index (κ3) is 5.21. The molecule has 0 saturated carbocycles. The molecule has 2 aliphatic heterocycles. The summed E-state index contributed by atoms with van der Waals surface area (Å²) >= 11 is 0. The fourth-order valence-electron chi connectivity index (χ4n) is 6.09. The summed E-state index contributed by atoms with van der Waals surface area (Å²) in [5, 5.41) is 10.1. The number of rotatable bonds is 8. The second-order valence-electron chi connectivity index (χ2n) is 10.0. The van der Waals surface area contributed by atoms with E-state index in [2.05, 4.69) is 29.2 Å². The van der Waals surface area contributed by atoms with Gasteiger partial charge in [-0.2, -0.15) is 0 Å². The van der Waals surface area contributed by atoms with Crippen LogP contribution in [0, 0.1) is 0 Å². The average Bonchev–Trinajstić information content (AvgIpc) is 3.57. The lowest BCUT2D eigenvalue weighted by Gasteiger charge is -2.31. The molecule has 0 bridgehead atoms. The summed E-state index contributed by atoms with van der Waals surface area (Å²) in [6, 6.07) is 29.7. The number of aryl methyl sites for hydroxylation is 1. The number of carboxylic acids is 1. The topological polar surface area (TPSA) is 60.9 Å². The number of hydrogen-bond donors (Lipinski definition) is 1. The van der Waals surface area contributed by atoms with Crippen molar-refractivity contribution in [2.75, 3.05) is 13.1 Å². The fourth-order valence-corrected chi connectivity index (χ4v) is 6.09. The van der Waals surface area contributed by atoms with Gasteiger partial charge in [-0.15, -0.1) is 0 Å². The summed E-state index contributed by atoms with van der Waals surface area (Å²) < 4.78 is 0. The molecule has 2 aliphatic rings. The lowest BCUT2D eigenvalue weighted by atomic mass is 9.90. The minimum atomic E-state index is -0.911. The number of aliphatic carboxylic acids is 1. The average molecular weight is 483 g/mol. The summed E-state index contributed by atoms with van der Waals surface area (Å²) in [5.74, 6) is -1.55. The van der Waals surface area contributed by atoms with Crippen LogP contribution in [0.5, 0.6) is 0 Å². The Morgan fingerprint density at radius 1 is 0.861 bits per heavy atom. The van der Waals surface area contributed by atoms with E-state index in [1.165, 1.54) is 5.56 Å². The van der Waals surface area contributed by atoms with Crippen molar-refractivity contribution in [3.05, 3.63) is 108 Å². The van der Waals surface area contributed by atoms with Gasteiger partial charge in [0.1, 0.15) is 6.04 Å². The Bertz CT molecular complexity index is 1110. The van der Waals surface area contributed by atoms with E-state index in [0.29, 0.717) is 19.0 Å². The van der Waals surface area contributed by atoms with Crippen molar-refractivity contribution in [1.82, 2.24) is 9.80 Å². The van der Waals surface area contributed by atoms with E-state index in [-0.39, 0.29) is 11.9 Å². The smallest absolute Gasteiger partial charge is 0.326 e. The van der Waals surface area contributed by atoms with Gasteiger partial charge in [-0.25, -0.2) is 4.79 Å². The van der Waals surface area contributed by atoms with Gasteiger partial charge in [0, 0.05) is 18.6 Å². The van der Waals surface area contributed by atoms with Gasteiger partial charge in [0.2, 0.25) is 5.91 Å². The number of carbonyl (C=O) groups is 2. The van der Waals surface area contributed by atoms with Gasteiger partial charge in [-0.1, -0.05) is 91.0 Å². The van der Waals surface area contributed by atoms with Crippen molar-refractivity contribution in [2.24, 2.45) is 0 Å². The molecule has 1 N–H and O–H groups in total. The van der Waals surface area contributed by atoms with Crippen molar-refractivity contribution in [2.45, 2.75) is 56.1 Å². The highest BCUT2D eigenvalue weighted by molar-refractivity contribution is 5.91. The molecule has 0 radical (unpaired) electrons. The van der Waals surface area contributed by atoms with E-state index in [1.54, 1.807) is 4.90 Å². The number of hydrogen-bond acceptors (Lipinski definition) is 3. The molecule has 5 nitrogen and oxygen atoms in total. The molecule has 2 saturated heterocycles. The number of nitrogens with zero attached hydrogens (tertiary/aromatic N) is 2. The lowest BCUT2D eigenvalue weighted by Crippen LogP contribution is -2.44. The van der Waals surface area contributed by atoms with Crippen LogP contribution in [-0.4, -0.2) is 58.0 Å². The highest BCUT2D eigenvalue weighted by Crippen LogP contribution is 2.34. The van der Waals surface area contributed by atoms with Crippen LogP contribution in [0.15, 0.2) is 91.0 Å². The summed E-state index contributed by atoms with van der Waals surface area (Å²) in [6.45, 7) is 1.44. The van der Waals surface area contributed by atoms with E-state index in [9.17, 15) is 14.7 Å². The minimum absolute atomic E-state index is 0.0746. The van der Waals surface area contributed by atoms with Crippen molar-refractivity contribution >= 4 is 11.9 Å². The molecule has 5 heteroatoms. The summed E-state index contributed by atoms with van der Waals surface area (Å²) in [6.07, 6.45) is 4.82. The maximum Gasteiger partial charge on any atom is 0.326 e. The summed E-state index contributed by atoms with van der Waals surface area (Å²) in [5.41, 5.74) is 3.12. The first-order valence-corrected chi connectivity index (χ1v) is 13.0. The summed E-state index contributed by atoms with van der Waals surface area (Å²) in [7, 11) is 0. The van der Waals surface area contributed by atoms with Crippen LogP contribution in [0.2, 0.25) is 0 Å². The van der Waals surface area contributed by atoms with Crippen LogP contribution < -0.4 is 0 Å². The molecule has 3 aromatic rings. The highest BCUT2D eigenvalue weighted by Gasteiger charge is 2.46. The monoisotopic (exact) mass is 482 g/mol. The zero-order chi connectivity index (χ0) is 24.9. The van der Waals surface area contributed by atoms with E-state index in [0.717, 1.165) is 43.4 Å². The Morgan fingerprint density at radius 2 is 1.44 bits per heavy atom. The van der Waals surface area contributed by atoms with Crippen LogP contribution in [-0.2, 0) is 16.0 Å². The van der Waals surface area contributed by atoms with Crippen molar-refractivity contribution in [1.29, 1.82) is 0 Å². The van der Waals surface area contributed by atoms with Gasteiger partial charge in [0.25, 0.3) is 0 Å². The predicted octanol–water partition coefficient (Wildman–Crippen LogP) is 4.97. The predicted molar refractivity (Wildman–Crippen MR) is 141 cm³/mol. The number of carbonyl (C=O) groups excluding carboxylic acids is 1.